The van der Waals surface area contributed by atoms with Crippen LogP contribution >= 0.6 is 11.6 Å². The lowest BCUT2D eigenvalue weighted by Crippen LogP contribution is -2.58. The highest BCUT2D eigenvalue weighted by Crippen LogP contribution is 2.39. The van der Waals surface area contributed by atoms with Gasteiger partial charge in [0.2, 0.25) is 5.91 Å². The molecule has 1 aliphatic heterocycles. The number of benzene rings is 1. The van der Waals surface area contributed by atoms with Crippen molar-refractivity contribution < 1.29 is 13.6 Å². The first-order valence-electron chi connectivity index (χ1n) is 14.5. The van der Waals surface area contributed by atoms with Gasteiger partial charge in [-0.15, -0.1) is 0 Å². The van der Waals surface area contributed by atoms with Crippen molar-refractivity contribution in [2.75, 3.05) is 18.0 Å². The van der Waals surface area contributed by atoms with E-state index >= 15 is 4.39 Å². The van der Waals surface area contributed by atoms with Crippen LogP contribution in [0.1, 0.15) is 44.9 Å². The molecule has 1 amide bonds. The van der Waals surface area contributed by atoms with Gasteiger partial charge in [-0.25, -0.2) is 18.7 Å². The van der Waals surface area contributed by atoms with Crippen LogP contribution in [-0.4, -0.2) is 55.5 Å². The number of carbonyl (C=O) groups excluding carboxylic acids is 1. The molecular formula is C33H32ClFN6O3. The minimum atomic E-state index is -0.563. The molecule has 0 N–H and O–H groups in total. The molecule has 2 atom stereocenters. The number of carbonyl (C=O) groups is 1. The maximum Gasteiger partial charge on any atom is 0.355 e. The summed E-state index contributed by atoms with van der Waals surface area (Å²) in [5.74, 6) is -0.357. The molecule has 6 rings (SSSR count). The second-order valence-corrected chi connectivity index (χ2v) is 12.0. The zero-order valence-electron chi connectivity index (χ0n) is 25.1. The molecule has 9 nitrogen and oxygen atoms in total. The lowest BCUT2D eigenvalue weighted by Gasteiger charge is -2.44. The van der Waals surface area contributed by atoms with Gasteiger partial charge in [0.25, 0.3) is 0 Å². The highest BCUT2D eigenvalue weighted by Gasteiger charge is 2.34. The van der Waals surface area contributed by atoms with Gasteiger partial charge in [-0.1, -0.05) is 32.0 Å². The fourth-order valence-corrected chi connectivity index (χ4v) is 6.31. The average Bonchev–Trinajstić information content (AvgIpc) is 3.47. The van der Waals surface area contributed by atoms with Crippen LogP contribution in [0.15, 0.2) is 64.7 Å². The summed E-state index contributed by atoms with van der Waals surface area (Å²) < 4.78 is 22.6. The maximum absolute atomic E-state index is 15.5. The van der Waals surface area contributed by atoms with Crippen molar-refractivity contribution in [3.8, 4) is 16.9 Å². The van der Waals surface area contributed by atoms with E-state index in [-0.39, 0.29) is 45.8 Å². The number of pyridine rings is 2. The van der Waals surface area contributed by atoms with Gasteiger partial charge in [-0.05, 0) is 68.7 Å². The molecule has 0 aliphatic carbocycles. The molecule has 0 bridgehead atoms. The number of hydrogen-bond donors (Lipinski definition) is 0. The average molecular weight is 615 g/mol. The number of hydrogen-bond acceptors (Lipinski definition) is 7. The summed E-state index contributed by atoms with van der Waals surface area (Å²) in [4.78, 5) is 44.6. The highest BCUT2D eigenvalue weighted by molar-refractivity contribution is 6.34. The second kappa shape index (κ2) is 11.2. The Morgan fingerprint density at radius 3 is 2.66 bits per heavy atom. The Balaban J connectivity index is 1.68. The minimum absolute atomic E-state index is 0.0241. The summed E-state index contributed by atoms with van der Waals surface area (Å²) in [6, 6.07) is 7.83. The third-order valence-electron chi connectivity index (χ3n) is 8.25. The molecule has 5 heterocycles. The van der Waals surface area contributed by atoms with Crippen LogP contribution in [0.2, 0.25) is 5.02 Å². The molecule has 4 aromatic heterocycles. The minimum Gasteiger partial charge on any atom is -0.464 e. The van der Waals surface area contributed by atoms with Gasteiger partial charge < -0.3 is 14.2 Å². The third kappa shape index (κ3) is 4.73. The van der Waals surface area contributed by atoms with Crippen molar-refractivity contribution in [1.82, 2.24) is 24.4 Å². The summed E-state index contributed by atoms with van der Waals surface area (Å²) in [5, 5.41) is 1.36. The largest absolute Gasteiger partial charge is 0.464 e. The number of halogens is 2. The lowest BCUT2D eigenvalue weighted by atomic mass is 10.0. The Kier molecular flexibility index (Phi) is 7.49. The topological polar surface area (TPSA) is 97.4 Å². The number of aryl methyl sites for hydroxylation is 1. The fourth-order valence-electron chi connectivity index (χ4n) is 6.06. The van der Waals surface area contributed by atoms with Crippen molar-refractivity contribution in [2.45, 2.75) is 52.6 Å². The molecule has 0 saturated carbocycles. The van der Waals surface area contributed by atoms with Crippen molar-refractivity contribution in [3.05, 3.63) is 88.0 Å². The Morgan fingerprint density at radius 2 is 1.93 bits per heavy atom. The summed E-state index contributed by atoms with van der Waals surface area (Å²) >= 11 is 6.91. The van der Waals surface area contributed by atoms with Crippen molar-refractivity contribution in [3.63, 3.8) is 0 Å². The number of anilines is 1. The molecule has 1 fully saturated rings. The van der Waals surface area contributed by atoms with Crippen molar-refractivity contribution in [2.24, 2.45) is 0 Å². The highest BCUT2D eigenvalue weighted by atomic mass is 35.5. The number of nitrogens with zero attached hydrogens (tertiary/aromatic N) is 6. The summed E-state index contributed by atoms with van der Waals surface area (Å²) in [6.07, 6.45) is 4.49. The molecule has 1 aromatic carbocycles. The molecule has 5 aromatic rings. The third-order valence-corrected chi connectivity index (χ3v) is 8.54. The smallest absolute Gasteiger partial charge is 0.355 e. The van der Waals surface area contributed by atoms with E-state index in [2.05, 4.69) is 16.5 Å². The van der Waals surface area contributed by atoms with Crippen LogP contribution in [0.25, 0.3) is 38.9 Å². The molecule has 226 valence electrons. The molecule has 0 spiro atoms. The molecule has 0 unspecified atom stereocenters. The summed E-state index contributed by atoms with van der Waals surface area (Å²) in [7, 11) is 0. The molecule has 44 heavy (non-hydrogen) atoms. The van der Waals surface area contributed by atoms with E-state index < -0.39 is 11.5 Å². The van der Waals surface area contributed by atoms with Gasteiger partial charge in [0.15, 0.2) is 5.65 Å². The van der Waals surface area contributed by atoms with Crippen molar-refractivity contribution in [1.29, 1.82) is 0 Å². The van der Waals surface area contributed by atoms with Gasteiger partial charge in [-0.2, -0.15) is 4.98 Å². The van der Waals surface area contributed by atoms with Crippen LogP contribution in [0, 0.1) is 12.7 Å². The zero-order chi connectivity index (χ0) is 31.4. The second-order valence-electron chi connectivity index (χ2n) is 11.6. The van der Waals surface area contributed by atoms with Gasteiger partial charge in [0.05, 0.1) is 39.3 Å². The number of piperazine rings is 1. The maximum atomic E-state index is 15.5. The molecule has 11 heteroatoms. The van der Waals surface area contributed by atoms with Crippen LogP contribution in [-0.2, 0) is 4.79 Å². The van der Waals surface area contributed by atoms with Gasteiger partial charge in [0, 0.05) is 36.8 Å². The number of amides is 1. The van der Waals surface area contributed by atoms with Gasteiger partial charge >= 0.3 is 5.69 Å². The normalized spacial score (nSPS) is 17.2. The predicted molar refractivity (Wildman–Crippen MR) is 170 cm³/mol. The lowest BCUT2D eigenvalue weighted by molar-refractivity contribution is -0.128. The van der Waals surface area contributed by atoms with Crippen LogP contribution in [0.3, 0.4) is 0 Å². The Bertz CT molecular complexity index is 2020. The Labute approximate surface area is 258 Å². The zero-order valence-corrected chi connectivity index (χ0v) is 25.9. The van der Waals surface area contributed by atoms with E-state index in [1.165, 1.54) is 23.0 Å². The first-order valence-corrected chi connectivity index (χ1v) is 14.8. The standard InChI is InChI=1S/C33H32ClFN6O3/c1-7-25(42)39-15-20(6)40(16-19(39)5)31-22-14-23(34)28(26-24(35)9-8-21-11-13-44-30(21)26)37-32(22)41(33(43)38-31)29-18(4)10-12-36-27(29)17(2)3/h7-14,17,19-20H,1,15-16H2,2-6H3/t19-,20+/m1/s1. The molecule has 1 aliphatic rings. The number of fused-ring (bicyclic) bond motifs is 2. The summed E-state index contributed by atoms with van der Waals surface area (Å²) in [6.45, 7) is 14.2. The molecular weight excluding hydrogens is 583 g/mol. The number of furan rings is 1. The monoisotopic (exact) mass is 614 g/mol. The Morgan fingerprint density at radius 1 is 1.16 bits per heavy atom. The van der Waals surface area contributed by atoms with E-state index in [0.29, 0.717) is 46.6 Å². The van der Waals surface area contributed by atoms with Crippen LogP contribution < -0.4 is 10.6 Å². The van der Waals surface area contributed by atoms with E-state index in [9.17, 15) is 9.59 Å². The first-order chi connectivity index (χ1) is 21.0. The van der Waals surface area contributed by atoms with E-state index in [4.69, 9.17) is 21.0 Å². The van der Waals surface area contributed by atoms with E-state index in [1.54, 1.807) is 29.3 Å². The van der Waals surface area contributed by atoms with Crippen LogP contribution in [0.5, 0.6) is 0 Å². The number of aromatic nitrogens is 4. The molecule has 0 radical (unpaired) electrons. The SMILES string of the molecule is C=CC(=O)N1C[C@H](C)N(c2nc(=O)n(-c3c(C)ccnc3C(C)C)c3nc(-c4c(F)ccc5ccoc45)c(Cl)cc23)C[C@H]1C. The molecule has 1 saturated heterocycles. The quantitative estimate of drug-likeness (QED) is 0.211. The van der Waals surface area contributed by atoms with Crippen LogP contribution in [0.4, 0.5) is 10.2 Å². The van der Waals surface area contributed by atoms with Gasteiger partial charge in [-0.3, -0.25) is 9.78 Å². The predicted octanol–water partition coefficient (Wildman–Crippen LogP) is 6.42. The van der Waals surface area contributed by atoms with E-state index in [0.717, 1.165) is 5.56 Å². The summed E-state index contributed by atoms with van der Waals surface area (Å²) in [5.41, 5.74) is 2.29. The Hall–Kier alpha value is -4.57. The number of rotatable bonds is 5. The van der Waals surface area contributed by atoms with Gasteiger partial charge in [0.1, 0.15) is 17.2 Å². The first kappa shape index (κ1) is 29.5. The fraction of sp³-hybridized carbons (Fsp3) is 0.303. The van der Waals surface area contributed by atoms with E-state index in [1.807, 2.05) is 45.6 Å². The van der Waals surface area contributed by atoms with Crippen molar-refractivity contribution >= 4 is 45.3 Å².